The summed E-state index contributed by atoms with van der Waals surface area (Å²) < 4.78 is 0. The van der Waals surface area contributed by atoms with E-state index in [2.05, 4.69) is 17.2 Å². The Morgan fingerprint density at radius 2 is 2.38 bits per heavy atom. The van der Waals surface area contributed by atoms with Crippen molar-refractivity contribution in [1.82, 2.24) is 15.2 Å². The highest BCUT2D eigenvalue weighted by atomic mass is 35.5. The van der Waals surface area contributed by atoms with Crippen LogP contribution in [0, 0.1) is 0 Å². The molecule has 16 heavy (non-hydrogen) atoms. The Labute approximate surface area is 111 Å². The van der Waals surface area contributed by atoms with Crippen LogP contribution in [-0.4, -0.2) is 41.5 Å². The quantitative estimate of drug-likeness (QED) is 0.848. The summed E-state index contributed by atoms with van der Waals surface area (Å²) >= 11 is 1.46. The van der Waals surface area contributed by atoms with E-state index in [0.717, 1.165) is 19.6 Å². The van der Waals surface area contributed by atoms with Gasteiger partial charge in [0.15, 0.2) is 0 Å². The first-order valence-corrected chi connectivity index (χ1v) is 5.62. The molecule has 0 spiro atoms. The molecule has 1 aliphatic heterocycles. The minimum atomic E-state index is 0. The maximum absolute atomic E-state index is 11.8. The minimum absolute atomic E-state index is 0. The second-order valence-corrected chi connectivity index (χ2v) is 4.20. The third-order valence-electron chi connectivity index (χ3n) is 2.31. The number of carbonyl (C=O) groups excluding carboxylic acids is 1. The van der Waals surface area contributed by atoms with Crippen molar-refractivity contribution >= 4 is 42.1 Å². The van der Waals surface area contributed by atoms with Gasteiger partial charge in [0.05, 0.1) is 5.51 Å². The van der Waals surface area contributed by atoms with Gasteiger partial charge in [-0.05, 0) is 6.92 Å². The van der Waals surface area contributed by atoms with E-state index in [-0.39, 0.29) is 30.7 Å². The minimum Gasteiger partial charge on any atom is -0.334 e. The number of hydrogen-bond acceptors (Lipinski definition) is 4. The topological polar surface area (TPSA) is 45.2 Å². The zero-order chi connectivity index (χ0) is 9.97. The molecule has 4 nitrogen and oxygen atoms in total. The van der Waals surface area contributed by atoms with E-state index in [4.69, 9.17) is 0 Å². The summed E-state index contributed by atoms with van der Waals surface area (Å²) in [7, 11) is 0. The van der Waals surface area contributed by atoms with E-state index in [1.165, 1.54) is 11.3 Å². The van der Waals surface area contributed by atoms with Gasteiger partial charge < -0.3 is 10.2 Å². The van der Waals surface area contributed by atoms with Crippen molar-refractivity contribution in [2.24, 2.45) is 0 Å². The summed E-state index contributed by atoms with van der Waals surface area (Å²) in [5, 5.41) is 5.10. The van der Waals surface area contributed by atoms with Crippen LogP contribution >= 0.6 is 36.2 Å². The van der Waals surface area contributed by atoms with E-state index in [1.807, 2.05) is 4.90 Å². The van der Waals surface area contributed by atoms with Crippen LogP contribution < -0.4 is 5.32 Å². The van der Waals surface area contributed by atoms with Gasteiger partial charge >= 0.3 is 0 Å². The molecule has 1 saturated heterocycles. The molecule has 1 aromatic heterocycles. The molecule has 0 unspecified atom stereocenters. The van der Waals surface area contributed by atoms with E-state index in [0.29, 0.717) is 11.7 Å². The second kappa shape index (κ2) is 7.06. The molecule has 1 fully saturated rings. The Morgan fingerprint density at radius 3 is 2.94 bits per heavy atom. The molecule has 0 saturated carbocycles. The molecule has 0 bridgehead atoms. The summed E-state index contributed by atoms with van der Waals surface area (Å²) in [5.41, 5.74) is 2.27. The predicted octanol–water partition coefficient (Wildman–Crippen LogP) is 1.42. The van der Waals surface area contributed by atoms with Gasteiger partial charge in [-0.15, -0.1) is 36.2 Å². The van der Waals surface area contributed by atoms with Crippen molar-refractivity contribution in [2.75, 3.05) is 19.6 Å². The Balaban J connectivity index is 0.00000112. The van der Waals surface area contributed by atoms with Gasteiger partial charge in [-0.3, -0.25) is 4.79 Å². The van der Waals surface area contributed by atoms with Gasteiger partial charge in [0, 0.05) is 31.1 Å². The highest BCUT2D eigenvalue weighted by molar-refractivity contribution is 7.07. The summed E-state index contributed by atoms with van der Waals surface area (Å²) in [6.45, 7) is 4.51. The average Bonchev–Trinajstić information content (AvgIpc) is 2.69. The molecule has 1 N–H and O–H groups in total. The molecule has 0 aliphatic carbocycles. The first-order valence-electron chi connectivity index (χ1n) is 4.68. The van der Waals surface area contributed by atoms with Crippen LogP contribution in [0.1, 0.15) is 17.4 Å². The second-order valence-electron chi connectivity index (χ2n) is 3.48. The lowest BCUT2D eigenvalue weighted by Gasteiger charge is -2.31. The number of halogens is 2. The molecule has 92 valence electrons. The van der Waals surface area contributed by atoms with Crippen molar-refractivity contribution in [3.8, 4) is 0 Å². The van der Waals surface area contributed by atoms with Gasteiger partial charge in [0.1, 0.15) is 5.69 Å². The molecule has 1 amide bonds. The fourth-order valence-corrected chi connectivity index (χ4v) is 2.12. The largest absolute Gasteiger partial charge is 0.334 e. The van der Waals surface area contributed by atoms with Crippen LogP contribution in [0.5, 0.6) is 0 Å². The van der Waals surface area contributed by atoms with Crippen molar-refractivity contribution in [2.45, 2.75) is 13.0 Å². The lowest BCUT2D eigenvalue weighted by atomic mass is 10.2. The highest BCUT2D eigenvalue weighted by Crippen LogP contribution is 2.07. The molecule has 1 aliphatic rings. The van der Waals surface area contributed by atoms with Crippen LogP contribution in [0.2, 0.25) is 0 Å². The molecule has 2 heterocycles. The van der Waals surface area contributed by atoms with Crippen LogP contribution in [0.15, 0.2) is 10.9 Å². The first kappa shape index (κ1) is 15.6. The Hall–Kier alpha value is -0.360. The number of carbonyl (C=O) groups is 1. The molecular weight excluding hydrogens is 269 g/mol. The summed E-state index contributed by atoms with van der Waals surface area (Å²) in [6, 6.07) is 0.381. The third kappa shape index (κ3) is 3.59. The van der Waals surface area contributed by atoms with Gasteiger partial charge in [-0.25, -0.2) is 4.98 Å². The third-order valence-corrected chi connectivity index (χ3v) is 2.89. The predicted molar refractivity (Wildman–Crippen MR) is 70.0 cm³/mol. The van der Waals surface area contributed by atoms with Crippen LogP contribution in [0.3, 0.4) is 0 Å². The van der Waals surface area contributed by atoms with Crippen LogP contribution in [0.4, 0.5) is 0 Å². The molecule has 1 aromatic rings. The fraction of sp³-hybridized carbons (Fsp3) is 0.556. The zero-order valence-electron chi connectivity index (χ0n) is 8.88. The number of amides is 1. The molecule has 0 radical (unpaired) electrons. The van der Waals surface area contributed by atoms with Crippen molar-refractivity contribution in [3.63, 3.8) is 0 Å². The monoisotopic (exact) mass is 283 g/mol. The number of nitrogens with one attached hydrogen (secondary N) is 1. The average molecular weight is 284 g/mol. The number of nitrogens with zero attached hydrogens (tertiary/aromatic N) is 2. The number of hydrogen-bond donors (Lipinski definition) is 1. The smallest absolute Gasteiger partial charge is 0.273 e. The highest BCUT2D eigenvalue weighted by Gasteiger charge is 2.22. The molecule has 7 heteroatoms. The number of aromatic nitrogens is 1. The van der Waals surface area contributed by atoms with Crippen LogP contribution in [-0.2, 0) is 0 Å². The Bertz CT molecular complexity index is 321. The van der Waals surface area contributed by atoms with E-state index in [9.17, 15) is 4.79 Å². The SMILES string of the molecule is C[C@H]1CN(C(=O)c2cscn2)CCN1.Cl.Cl. The van der Waals surface area contributed by atoms with Gasteiger partial charge in [0.25, 0.3) is 5.91 Å². The lowest BCUT2D eigenvalue weighted by Crippen LogP contribution is -2.51. The maximum atomic E-state index is 11.8. The normalized spacial score (nSPS) is 19.6. The van der Waals surface area contributed by atoms with Gasteiger partial charge in [-0.1, -0.05) is 0 Å². The standard InChI is InChI=1S/C9H13N3OS.2ClH/c1-7-4-12(3-2-10-7)9(13)8-5-14-6-11-8;;/h5-7,10H,2-4H2,1H3;2*1H/t7-;;/m0../s1. The van der Waals surface area contributed by atoms with E-state index >= 15 is 0 Å². The van der Waals surface area contributed by atoms with Crippen LogP contribution in [0.25, 0.3) is 0 Å². The van der Waals surface area contributed by atoms with Gasteiger partial charge in [-0.2, -0.15) is 0 Å². The fourth-order valence-electron chi connectivity index (χ4n) is 1.60. The Kier molecular flexibility index (Phi) is 6.90. The number of piperazine rings is 1. The summed E-state index contributed by atoms with van der Waals surface area (Å²) in [4.78, 5) is 17.7. The molecule has 0 aromatic carbocycles. The Morgan fingerprint density at radius 1 is 1.62 bits per heavy atom. The number of rotatable bonds is 1. The summed E-state index contributed by atoms with van der Waals surface area (Å²) in [6.07, 6.45) is 0. The van der Waals surface area contributed by atoms with Crippen molar-refractivity contribution < 1.29 is 4.79 Å². The summed E-state index contributed by atoms with van der Waals surface area (Å²) in [5.74, 6) is 0.0552. The maximum Gasteiger partial charge on any atom is 0.273 e. The molecule has 2 rings (SSSR count). The van der Waals surface area contributed by atoms with Crippen molar-refractivity contribution in [1.29, 1.82) is 0 Å². The molecular formula is C9H15Cl2N3OS. The first-order chi connectivity index (χ1) is 6.77. The zero-order valence-corrected chi connectivity index (χ0v) is 11.3. The van der Waals surface area contributed by atoms with Gasteiger partial charge in [0.2, 0.25) is 0 Å². The molecule has 1 atom stereocenters. The number of thiazole rings is 1. The lowest BCUT2D eigenvalue weighted by molar-refractivity contribution is 0.0704. The van der Waals surface area contributed by atoms with E-state index < -0.39 is 0 Å². The van der Waals surface area contributed by atoms with E-state index in [1.54, 1.807) is 10.9 Å². The van der Waals surface area contributed by atoms with Crippen molar-refractivity contribution in [3.05, 3.63) is 16.6 Å².